The van der Waals surface area contributed by atoms with E-state index in [-0.39, 0.29) is 12.2 Å². The van der Waals surface area contributed by atoms with Crippen LogP contribution in [0, 0.1) is 0 Å². The van der Waals surface area contributed by atoms with Crippen LogP contribution in [0.5, 0.6) is 0 Å². The minimum atomic E-state index is -0.323. The smallest absolute Gasteiger partial charge is 0.148 e. The maximum atomic E-state index is 10.3. The van der Waals surface area contributed by atoms with E-state index >= 15 is 0 Å². The van der Waals surface area contributed by atoms with Crippen LogP contribution in [0.15, 0.2) is 0 Å². The number of aldehydes is 1. The lowest BCUT2D eigenvalue weighted by atomic mass is 10.2. The summed E-state index contributed by atoms with van der Waals surface area (Å²) in [4.78, 5) is 10.3. The van der Waals surface area contributed by atoms with E-state index in [9.17, 15) is 4.79 Å². The highest BCUT2D eigenvalue weighted by atomic mass is 16.5. The lowest BCUT2D eigenvalue weighted by Crippen LogP contribution is -2.21. The molecule has 2 unspecified atom stereocenters. The van der Waals surface area contributed by atoms with E-state index < -0.39 is 0 Å². The topological polar surface area (TPSA) is 35.5 Å². The van der Waals surface area contributed by atoms with Crippen molar-refractivity contribution in [3.05, 3.63) is 0 Å². The summed E-state index contributed by atoms with van der Waals surface area (Å²) in [5, 5.41) is 0. The molecule has 0 saturated carbocycles. The third-order valence-corrected chi connectivity index (χ3v) is 1.47. The Labute approximate surface area is 67.7 Å². The number of carbonyl (C=O) groups is 1. The van der Waals surface area contributed by atoms with Gasteiger partial charge in [0.25, 0.3) is 0 Å². The third kappa shape index (κ3) is 4.93. The summed E-state index contributed by atoms with van der Waals surface area (Å²) in [6.45, 7) is 4.54. The molecule has 0 N–H and O–H groups in total. The van der Waals surface area contributed by atoms with E-state index in [0.717, 1.165) is 6.29 Å². The first-order chi connectivity index (χ1) is 5.24. The van der Waals surface area contributed by atoms with Crippen molar-refractivity contribution >= 4 is 6.29 Å². The van der Waals surface area contributed by atoms with Crippen molar-refractivity contribution in [1.29, 1.82) is 0 Å². The van der Waals surface area contributed by atoms with Crippen molar-refractivity contribution < 1.29 is 14.3 Å². The maximum Gasteiger partial charge on any atom is 0.148 e. The largest absolute Gasteiger partial charge is 0.379 e. The molecule has 0 amide bonds. The summed E-state index contributed by atoms with van der Waals surface area (Å²) < 4.78 is 10.1. The number of ether oxygens (including phenoxy) is 2. The van der Waals surface area contributed by atoms with Gasteiger partial charge >= 0.3 is 0 Å². The average molecular weight is 160 g/mol. The van der Waals surface area contributed by atoms with Crippen LogP contribution in [0.4, 0.5) is 0 Å². The van der Waals surface area contributed by atoms with Crippen LogP contribution >= 0.6 is 0 Å². The van der Waals surface area contributed by atoms with E-state index in [1.807, 2.05) is 13.8 Å². The van der Waals surface area contributed by atoms with Gasteiger partial charge in [-0.25, -0.2) is 0 Å². The lowest BCUT2D eigenvalue weighted by Gasteiger charge is -2.14. The molecule has 0 aliphatic rings. The molecule has 11 heavy (non-hydrogen) atoms. The quantitative estimate of drug-likeness (QED) is 0.544. The Morgan fingerprint density at radius 1 is 1.55 bits per heavy atom. The summed E-state index contributed by atoms with van der Waals surface area (Å²) in [6.07, 6.45) is 1.20. The zero-order valence-electron chi connectivity index (χ0n) is 7.37. The molecular weight excluding hydrogens is 144 g/mol. The molecule has 0 spiro atoms. The maximum absolute atomic E-state index is 10.3. The molecule has 0 saturated heterocycles. The molecule has 0 aliphatic heterocycles. The Bertz CT molecular complexity index is 104. The second-order valence-electron chi connectivity index (χ2n) is 2.41. The highest BCUT2D eigenvalue weighted by Gasteiger charge is 2.10. The number of methoxy groups -OCH3 is 1. The molecule has 2 atom stereocenters. The van der Waals surface area contributed by atoms with Gasteiger partial charge in [-0.1, -0.05) is 0 Å². The van der Waals surface area contributed by atoms with Crippen LogP contribution in [0.2, 0.25) is 0 Å². The lowest BCUT2D eigenvalue weighted by molar-refractivity contribution is -0.118. The Balaban J connectivity index is 3.53. The minimum Gasteiger partial charge on any atom is -0.379 e. The molecule has 0 rings (SSSR count). The van der Waals surface area contributed by atoms with Gasteiger partial charge in [0.05, 0.1) is 6.10 Å². The van der Waals surface area contributed by atoms with Gasteiger partial charge in [-0.15, -0.1) is 0 Å². The molecular formula is C8H16O3. The fourth-order valence-electron chi connectivity index (χ4n) is 0.887. The normalized spacial score (nSPS) is 15.9. The van der Waals surface area contributed by atoms with Crippen LogP contribution in [0.1, 0.15) is 20.3 Å². The molecule has 0 aromatic rings. The molecule has 0 heterocycles. The van der Waals surface area contributed by atoms with E-state index in [0.29, 0.717) is 13.0 Å². The molecule has 3 heteroatoms. The standard InChI is InChI=1S/C8H16O3/c1-4-11-7(2)5-8(6-9)10-3/h6-8H,4-5H2,1-3H3. The fraction of sp³-hybridized carbons (Fsp3) is 0.875. The van der Waals surface area contributed by atoms with Gasteiger partial charge < -0.3 is 14.3 Å². The summed E-state index contributed by atoms with van der Waals surface area (Å²) in [7, 11) is 1.53. The van der Waals surface area contributed by atoms with Crippen molar-refractivity contribution in [2.45, 2.75) is 32.5 Å². The number of hydrogen-bond donors (Lipinski definition) is 0. The number of hydrogen-bond acceptors (Lipinski definition) is 3. The molecule has 0 radical (unpaired) electrons. The van der Waals surface area contributed by atoms with Gasteiger partial charge in [0.15, 0.2) is 0 Å². The minimum absolute atomic E-state index is 0.0927. The molecule has 0 bridgehead atoms. The molecule has 0 aliphatic carbocycles. The highest BCUT2D eigenvalue weighted by molar-refractivity contribution is 5.55. The molecule has 0 fully saturated rings. The van der Waals surface area contributed by atoms with Crippen molar-refractivity contribution in [3.63, 3.8) is 0 Å². The van der Waals surface area contributed by atoms with Crippen LogP contribution in [-0.2, 0) is 14.3 Å². The zero-order valence-corrected chi connectivity index (χ0v) is 7.37. The summed E-state index contributed by atoms with van der Waals surface area (Å²) in [5.74, 6) is 0. The summed E-state index contributed by atoms with van der Waals surface area (Å²) in [6, 6.07) is 0. The second-order valence-corrected chi connectivity index (χ2v) is 2.41. The second kappa shape index (κ2) is 6.31. The van der Waals surface area contributed by atoms with Gasteiger partial charge in [0.1, 0.15) is 12.4 Å². The third-order valence-electron chi connectivity index (χ3n) is 1.47. The predicted octanol–water partition coefficient (Wildman–Crippen LogP) is 1.02. The van der Waals surface area contributed by atoms with Crippen molar-refractivity contribution in [2.24, 2.45) is 0 Å². The van der Waals surface area contributed by atoms with E-state index in [4.69, 9.17) is 9.47 Å². The highest BCUT2D eigenvalue weighted by Crippen LogP contribution is 2.02. The van der Waals surface area contributed by atoms with Crippen molar-refractivity contribution in [2.75, 3.05) is 13.7 Å². The van der Waals surface area contributed by atoms with Crippen molar-refractivity contribution in [3.8, 4) is 0 Å². The van der Waals surface area contributed by atoms with Crippen molar-refractivity contribution in [1.82, 2.24) is 0 Å². The van der Waals surface area contributed by atoms with Crippen LogP contribution in [-0.4, -0.2) is 32.2 Å². The number of carbonyl (C=O) groups excluding carboxylic acids is 1. The first kappa shape index (κ1) is 10.6. The van der Waals surface area contributed by atoms with E-state index in [1.54, 1.807) is 0 Å². The Kier molecular flexibility index (Phi) is 6.07. The van der Waals surface area contributed by atoms with Gasteiger partial charge in [-0.3, -0.25) is 0 Å². The molecule has 3 nitrogen and oxygen atoms in total. The average Bonchev–Trinajstić information content (AvgIpc) is 2.01. The molecule has 66 valence electrons. The first-order valence-electron chi connectivity index (χ1n) is 3.84. The Hall–Kier alpha value is -0.410. The monoisotopic (exact) mass is 160 g/mol. The van der Waals surface area contributed by atoms with E-state index in [2.05, 4.69) is 0 Å². The SMILES string of the molecule is CCOC(C)CC(C=O)OC. The predicted molar refractivity (Wildman–Crippen MR) is 42.6 cm³/mol. The molecule has 0 aromatic carbocycles. The van der Waals surface area contributed by atoms with Crippen LogP contribution in [0.25, 0.3) is 0 Å². The Morgan fingerprint density at radius 3 is 2.55 bits per heavy atom. The fourth-order valence-corrected chi connectivity index (χ4v) is 0.887. The van der Waals surface area contributed by atoms with Gasteiger partial charge in [0, 0.05) is 20.1 Å². The summed E-state index contributed by atoms with van der Waals surface area (Å²) in [5.41, 5.74) is 0. The van der Waals surface area contributed by atoms with Gasteiger partial charge in [-0.2, -0.15) is 0 Å². The first-order valence-corrected chi connectivity index (χ1v) is 3.84. The summed E-state index contributed by atoms with van der Waals surface area (Å²) >= 11 is 0. The molecule has 0 aromatic heterocycles. The van der Waals surface area contributed by atoms with E-state index in [1.165, 1.54) is 7.11 Å². The van der Waals surface area contributed by atoms with Gasteiger partial charge in [0.2, 0.25) is 0 Å². The zero-order chi connectivity index (χ0) is 8.69. The van der Waals surface area contributed by atoms with Gasteiger partial charge in [-0.05, 0) is 13.8 Å². The van der Waals surface area contributed by atoms with Crippen LogP contribution < -0.4 is 0 Å². The van der Waals surface area contributed by atoms with Crippen LogP contribution in [0.3, 0.4) is 0 Å². The Morgan fingerprint density at radius 2 is 2.18 bits per heavy atom. The number of rotatable bonds is 6.